The Morgan fingerprint density at radius 1 is 1.40 bits per heavy atom. The highest BCUT2D eigenvalue weighted by Gasteiger charge is 2.35. The Kier molecular flexibility index (Phi) is 3.76. The summed E-state index contributed by atoms with van der Waals surface area (Å²) < 4.78 is 0. The van der Waals surface area contributed by atoms with Crippen molar-refractivity contribution in [2.45, 2.75) is 26.3 Å². The molecule has 1 atom stereocenters. The zero-order valence-electron chi connectivity index (χ0n) is 11.7. The van der Waals surface area contributed by atoms with Crippen LogP contribution in [0, 0.1) is 15.5 Å². The summed E-state index contributed by atoms with van der Waals surface area (Å²) in [6, 6.07) is 5.80. The van der Waals surface area contributed by atoms with Crippen molar-refractivity contribution in [3.8, 4) is 0 Å². The molecule has 0 spiro atoms. The van der Waals surface area contributed by atoms with Gasteiger partial charge >= 0.3 is 0 Å². The number of hydrogen-bond acceptors (Lipinski definition) is 4. The largest absolute Gasteiger partial charge is 0.338 e. The van der Waals surface area contributed by atoms with E-state index in [4.69, 9.17) is 5.73 Å². The molecule has 1 aliphatic rings. The molecule has 1 aromatic carbocycles. The molecule has 0 bridgehead atoms. The van der Waals surface area contributed by atoms with E-state index in [0.717, 1.165) is 6.42 Å². The van der Waals surface area contributed by atoms with Crippen molar-refractivity contribution in [2.75, 3.05) is 13.1 Å². The van der Waals surface area contributed by atoms with Gasteiger partial charge in [0.05, 0.1) is 4.92 Å². The number of hydrogen-bond donors (Lipinski definition) is 1. The third-order valence-electron chi connectivity index (χ3n) is 3.92. The van der Waals surface area contributed by atoms with E-state index in [1.165, 1.54) is 24.3 Å². The number of rotatable bonds is 2. The molecule has 0 aromatic heterocycles. The van der Waals surface area contributed by atoms with Gasteiger partial charge in [-0.05, 0) is 24.0 Å². The minimum absolute atomic E-state index is 0.0115. The predicted molar refractivity (Wildman–Crippen MR) is 75.4 cm³/mol. The van der Waals surface area contributed by atoms with Crippen molar-refractivity contribution >= 4 is 11.6 Å². The Morgan fingerprint density at radius 3 is 2.50 bits per heavy atom. The molecule has 1 aromatic rings. The Hall–Kier alpha value is -1.95. The Bertz CT molecular complexity index is 525. The van der Waals surface area contributed by atoms with E-state index in [1.807, 2.05) is 13.8 Å². The number of carbonyl (C=O) groups is 1. The second kappa shape index (κ2) is 5.20. The number of nitro benzene ring substituents is 1. The van der Waals surface area contributed by atoms with Crippen molar-refractivity contribution in [1.29, 1.82) is 0 Å². The first-order valence-corrected chi connectivity index (χ1v) is 6.60. The summed E-state index contributed by atoms with van der Waals surface area (Å²) in [5.74, 6) is -0.0973. The molecule has 6 heteroatoms. The number of non-ortho nitro benzene ring substituents is 1. The summed E-state index contributed by atoms with van der Waals surface area (Å²) >= 11 is 0. The van der Waals surface area contributed by atoms with E-state index < -0.39 is 4.92 Å². The summed E-state index contributed by atoms with van der Waals surface area (Å²) in [6.07, 6.45) is 0.770. The van der Waals surface area contributed by atoms with Gasteiger partial charge in [-0.25, -0.2) is 0 Å². The van der Waals surface area contributed by atoms with Crippen LogP contribution in [0.3, 0.4) is 0 Å². The van der Waals surface area contributed by atoms with Crippen LogP contribution >= 0.6 is 0 Å². The Balaban J connectivity index is 2.13. The van der Waals surface area contributed by atoms with E-state index in [9.17, 15) is 14.9 Å². The van der Waals surface area contributed by atoms with Crippen LogP contribution in [0.15, 0.2) is 24.3 Å². The van der Waals surface area contributed by atoms with Gasteiger partial charge in [0, 0.05) is 36.8 Å². The minimum atomic E-state index is -0.475. The quantitative estimate of drug-likeness (QED) is 0.659. The smallest absolute Gasteiger partial charge is 0.269 e. The van der Waals surface area contributed by atoms with Gasteiger partial charge in [-0.2, -0.15) is 0 Å². The summed E-state index contributed by atoms with van der Waals surface area (Å²) in [5.41, 5.74) is 6.40. The summed E-state index contributed by atoms with van der Waals surface area (Å²) in [7, 11) is 0. The van der Waals surface area contributed by atoms with Gasteiger partial charge in [-0.3, -0.25) is 14.9 Å². The highest BCUT2D eigenvalue weighted by Crippen LogP contribution is 2.28. The summed E-state index contributed by atoms with van der Waals surface area (Å²) in [5, 5.41) is 10.6. The number of nitro groups is 1. The van der Waals surface area contributed by atoms with Crippen molar-refractivity contribution in [1.82, 2.24) is 4.90 Å². The number of nitrogens with zero attached hydrogens (tertiary/aromatic N) is 2. The second-order valence-corrected chi connectivity index (χ2v) is 5.91. The van der Waals surface area contributed by atoms with Crippen LogP contribution in [0.5, 0.6) is 0 Å². The van der Waals surface area contributed by atoms with E-state index in [0.29, 0.717) is 18.7 Å². The molecule has 0 aliphatic carbocycles. The average Bonchev–Trinajstić information content (AvgIpc) is 2.41. The number of benzene rings is 1. The first kappa shape index (κ1) is 14.5. The maximum Gasteiger partial charge on any atom is 0.269 e. The number of likely N-dealkylation sites (tertiary alicyclic amines) is 1. The van der Waals surface area contributed by atoms with Crippen LogP contribution in [-0.2, 0) is 0 Å². The Morgan fingerprint density at radius 2 is 2.00 bits per heavy atom. The van der Waals surface area contributed by atoms with Crippen LogP contribution in [0.2, 0.25) is 0 Å². The molecular formula is C14H19N3O3. The molecule has 20 heavy (non-hydrogen) atoms. The van der Waals surface area contributed by atoms with Crippen LogP contribution in [0.1, 0.15) is 30.6 Å². The third kappa shape index (κ3) is 2.80. The van der Waals surface area contributed by atoms with Gasteiger partial charge in [0.15, 0.2) is 0 Å². The normalized spacial score (nSPS) is 21.6. The molecule has 0 saturated carbocycles. The molecule has 6 nitrogen and oxygen atoms in total. The Labute approximate surface area is 117 Å². The topological polar surface area (TPSA) is 89.5 Å². The lowest BCUT2D eigenvalue weighted by Crippen LogP contribution is -2.53. The molecule has 1 aliphatic heterocycles. The molecule has 2 rings (SSSR count). The van der Waals surface area contributed by atoms with Gasteiger partial charge in [0.2, 0.25) is 0 Å². The fraction of sp³-hybridized carbons (Fsp3) is 0.500. The molecule has 2 N–H and O–H groups in total. The van der Waals surface area contributed by atoms with Crippen LogP contribution in [0.25, 0.3) is 0 Å². The van der Waals surface area contributed by atoms with Crippen LogP contribution < -0.4 is 5.73 Å². The summed E-state index contributed by atoms with van der Waals surface area (Å²) in [4.78, 5) is 24.3. The fourth-order valence-corrected chi connectivity index (χ4v) is 2.46. The molecule has 1 fully saturated rings. The summed E-state index contributed by atoms with van der Waals surface area (Å²) in [6.45, 7) is 5.32. The zero-order chi connectivity index (χ0) is 14.9. The first-order chi connectivity index (χ1) is 9.31. The van der Waals surface area contributed by atoms with Crippen LogP contribution in [-0.4, -0.2) is 34.9 Å². The molecule has 1 amide bonds. The average molecular weight is 277 g/mol. The van der Waals surface area contributed by atoms with Gasteiger partial charge in [-0.15, -0.1) is 0 Å². The van der Waals surface area contributed by atoms with Gasteiger partial charge in [-0.1, -0.05) is 13.8 Å². The van der Waals surface area contributed by atoms with Crippen molar-refractivity contribution < 1.29 is 9.72 Å². The van der Waals surface area contributed by atoms with E-state index in [1.54, 1.807) is 4.90 Å². The second-order valence-electron chi connectivity index (χ2n) is 5.91. The fourth-order valence-electron chi connectivity index (χ4n) is 2.46. The predicted octanol–water partition coefficient (Wildman–Crippen LogP) is 1.79. The monoisotopic (exact) mass is 277 g/mol. The standard InChI is InChI=1S/C14H19N3O3/c1-14(2)9-16(8-7-12(14)15)13(18)10-3-5-11(6-4-10)17(19)20/h3-6,12H,7-9,15H2,1-2H3. The molecule has 1 heterocycles. The minimum Gasteiger partial charge on any atom is -0.338 e. The highest BCUT2D eigenvalue weighted by atomic mass is 16.6. The zero-order valence-corrected chi connectivity index (χ0v) is 11.7. The van der Waals surface area contributed by atoms with Crippen molar-refractivity contribution in [3.05, 3.63) is 39.9 Å². The molecule has 1 saturated heterocycles. The first-order valence-electron chi connectivity index (χ1n) is 6.60. The lowest BCUT2D eigenvalue weighted by molar-refractivity contribution is -0.384. The van der Waals surface area contributed by atoms with Gasteiger partial charge in [0.1, 0.15) is 0 Å². The number of piperidine rings is 1. The molecule has 108 valence electrons. The van der Waals surface area contributed by atoms with Crippen LogP contribution in [0.4, 0.5) is 5.69 Å². The third-order valence-corrected chi connectivity index (χ3v) is 3.92. The van der Waals surface area contributed by atoms with Gasteiger partial charge in [0.25, 0.3) is 11.6 Å². The van der Waals surface area contributed by atoms with Gasteiger partial charge < -0.3 is 10.6 Å². The lowest BCUT2D eigenvalue weighted by atomic mass is 9.79. The molecule has 0 radical (unpaired) electrons. The number of nitrogens with two attached hydrogens (primary N) is 1. The van der Waals surface area contributed by atoms with Crippen molar-refractivity contribution in [3.63, 3.8) is 0 Å². The SMILES string of the molecule is CC1(C)CN(C(=O)c2ccc([N+](=O)[O-])cc2)CCC1N. The molecule has 1 unspecified atom stereocenters. The number of carbonyl (C=O) groups excluding carboxylic acids is 1. The lowest BCUT2D eigenvalue weighted by Gasteiger charge is -2.42. The maximum atomic E-state index is 12.4. The molecular weight excluding hydrogens is 258 g/mol. The highest BCUT2D eigenvalue weighted by molar-refractivity contribution is 5.94. The van der Waals surface area contributed by atoms with E-state index >= 15 is 0 Å². The van der Waals surface area contributed by atoms with E-state index in [2.05, 4.69) is 0 Å². The van der Waals surface area contributed by atoms with E-state index in [-0.39, 0.29) is 23.1 Å². The number of amides is 1. The van der Waals surface area contributed by atoms with Crippen molar-refractivity contribution in [2.24, 2.45) is 11.1 Å². The maximum absolute atomic E-state index is 12.4.